The first-order valence-electron chi connectivity index (χ1n) is 5.69. The normalized spacial score (nSPS) is 19.6. The van der Waals surface area contributed by atoms with Gasteiger partial charge >= 0.3 is 0 Å². The van der Waals surface area contributed by atoms with Crippen molar-refractivity contribution >= 4 is 0 Å². The summed E-state index contributed by atoms with van der Waals surface area (Å²) in [6, 6.07) is 0.386. The van der Waals surface area contributed by atoms with E-state index in [1.165, 1.54) is 0 Å². The van der Waals surface area contributed by atoms with E-state index in [0.29, 0.717) is 6.04 Å². The van der Waals surface area contributed by atoms with E-state index < -0.39 is 0 Å². The van der Waals surface area contributed by atoms with Gasteiger partial charge in [0.05, 0.1) is 12.7 Å². The van der Waals surface area contributed by atoms with Crippen molar-refractivity contribution in [1.29, 1.82) is 0 Å². The molecule has 0 aromatic carbocycles. The molecule has 1 aliphatic heterocycles. The number of piperidine rings is 1. The molecular weight excluding hydrogens is 190 g/mol. The highest BCUT2D eigenvalue weighted by Gasteiger charge is 2.17. The van der Waals surface area contributed by atoms with Crippen molar-refractivity contribution in [2.24, 2.45) is 5.73 Å². The number of nitrogens with two attached hydrogens (primary N) is 1. The first kappa shape index (κ1) is 10.6. The smallest absolute Gasteiger partial charge is 0.208 e. The van der Waals surface area contributed by atoms with E-state index in [2.05, 4.69) is 16.8 Å². The molecule has 0 spiro atoms. The van der Waals surface area contributed by atoms with Crippen LogP contribution in [-0.4, -0.2) is 29.0 Å². The Bertz CT molecular complexity index is 303. The molecule has 0 radical (unpaired) electrons. The average Bonchev–Trinajstić information content (AvgIpc) is 2.69. The largest absolute Gasteiger partial charge is 0.444 e. The highest BCUT2D eigenvalue weighted by molar-refractivity contribution is 4.93. The number of nitrogens with zero attached hydrogens (tertiary/aromatic N) is 2. The molecule has 15 heavy (non-hydrogen) atoms. The SMILES string of the molecule is CCc1cnc(CN2CCC(N)CC2)o1. The number of aryl methyl sites for hydroxylation is 1. The van der Waals surface area contributed by atoms with Crippen LogP contribution in [0.25, 0.3) is 0 Å². The summed E-state index contributed by atoms with van der Waals surface area (Å²) in [5, 5.41) is 0. The molecule has 1 aromatic heterocycles. The zero-order valence-corrected chi connectivity index (χ0v) is 9.28. The van der Waals surface area contributed by atoms with Crippen LogP contribution in [0.3, 0.4) is 0 Å². The molecule has 0 bridgehead atoms. The third kappa shape index (κ3) is 2.79. The molecule has 4 heteroatoms. The number of aromatic nitrogens is 1. The fraction of sp³-hybridized carbons (Fsp3) is 0.727. The van der Waals surface area contributed by atoms with Gasteiger partial charge in [-0.2, -0.15) is 0 Å². The van der Waals surface area contributed by atoms with E-state index in [9.17, 15) is 0 Å². The topological polar surface area (TPSA) is 55.3 Å². The molecule has 0 atom stereocenters. The third-order valence-corrected chi connectivity index (χ3v) is 2.94. The maximum absolute atomic E-state index is 5.85. The zero-order valence-electron chi connectivity index (χ0n) is 9.28. The molecule has 1 aromatic rings. The van der Waals surface area contributed by atoms with Crippen LogP contribution < -0.4 is 5.73 Å². The molecule has 1 saturated heterocycles. The predicted octanol–water partition coefficient (Wildman–Crippen LogP) is 1.16. The molecule has 0 amide bonds. The van der Waals surface area contributed by atoms with Gasteiger partial charge in [0.25, 0.3) is 0 Å². The second-order valence-electron chi connectivity index (χ2n) is 4.19. The molecule has 1 fully saturated rings. The van der Waals surface area contributed by atoms with Crippen LogP contribution in [0.1, 0.15) is 31.4 Å². The van der Waals surface area contributed by atoms with E-state index in [1.807, 2.05) is 6.20 Å². The van der Waals surface area contributed by atoms with E-state index in [4.69, 9.17) is 10.2 Å². The monoisotopic (exact) mass is 209 g/mol. The minimum Gasteiger partial charge on any atom is -0.444 e. The Hall–Kier alpha value is -0.870. The van der Waals surface area contributed by atoms with Crippen molar-refractivity contribution in [3.63, 3.8) is 0 Å². The summed E-state index contributed by atoms with van der Waals surface area (Å²) in [7, 11) is 0. The lowest BCUT2D eigenvalue weighted by Gasteiger charge is -2.28. The fourth-order valence-corrected chi connectivity index (χ4v) is 1.89. The minimum atomic E-state index is 0.386. The second-order valence-corrected chi connectivity index (χ2v) is 4.19. The molecule has 0 saturated carbocycles. The Kier molecular flexibility index (Phi) is 3.38. The minimum absolute atomic E-state index is 0.386. The molecule has 0 unspecified atom stereocenters. The average molecular weight is 209 g/mol. The van der Waals surface area contributed by atoms with Gasteiger partial charge in [0.2, 0.25) is 5.89 Å². The van der Waals surface area contributed by atoms with Gasteiger partial charge in [-0.15, -0.1) is 0 Å². The summed E-state index contributed by atoms with van der Waals surface area (Å²) < 4.78 is 5.58. The van der Waals surface area contributed by atoms with Crippen LogP contribution >= 0.6 is 0 Å². The van der Waals surface area contributed by atoms with Crippen molar-refractivity contribution in [2.45, 2.75) is 38.8 Å². The lowest BCUT2D eigenvalue weighted by molar-refractivity contribution is 0.187. The fourth-order valence-electron chi connectivity index (χ4n) is 1.89. The van der Waals surface area contributed by atoms with Gasteiger partial charge in [-0.05, 0) is 12.8 Å². The summed E-state index contributed by atoms with van der Waals surface area (Å²) in [5.41, 5.74) is 5.85. The van der Waals surface area contributed by atoms with E-state index in [1.54, 1.807) is 0 Å². The first-order chi connectivity index (χ1) is 7.28. The third-order valence-electron chi connectivity index (χ3n) is 2.94. The van der Waals surface area contributed by atoms with Gasteiger partial charge in [-0.1, -0.05) is 6.92 Å². The summed E-state index contributed by atoms with van der Waals surface area (Å²) >= 11 is 0. The molecule has 84 valence electrons. The van der Waals surface area contributed by atoms with E-state index in [0.717, 1.165) is 50.5 Å². The van der Waals surface area contributed by atoms with E-state index >= 15 is 0 Å². The Labute approximate surface area is 90.5 Å². The van der Waals surface area contributed by atoms with Gasteiger partial charge in [-0.3, -0.25) is 4.90 Å². The van der Waals surface area contributed by atoms with Crippen molar-refractivity contribution in [3.8, 4) is 0 Å². The summed E-state index contributed by atoms with van der Waals surface area (Å²) in [4.78, 5) is 6.62. The van der Waals surface area contributed by atoms with Crippen LogP contribution in [0.5, 0.6) is 0 Å². The van der Waals surface area contributed by atoms with Crippen LogP contribution in [0.2, 0.25) is 0 Å². The van der Waals surface area contributed by atoms with Gasteiger partial charge in [0, 0.05) is 25.6 Å². The molecule has 2 heterocycles. The van der Waals surface area contributed by atoms with Gasteiger partial charge in [0.1, 0.15) is 5.76 Å². The Morgan fingerprint density at radius 1 is 1.53 bits per heavy atom. The molecule has 2 rings (SSSR count). The van der Waals surface area contributed by atoms with Crippen LogP contribution in [0, 0.1) is 0 Å². The lowest BCUT2D eigenvalue weighted by Crippen LogP contribution is -2.39. The maximum Gasteiger partial charge on any atom is 0.208 e. The number of likely N-dealkylation sites (tertiary alicyclic amines) is 1. The summed E-state index contributed by atoms with van der Waals surface area (Å²) in [6.45, 7) is 5.02. The van der Waals surface area contributed by atoms with Crippen molar-refractivity contribution in [2.75, 3.05) is 13.1 Å². The maximum atomic E-state index is 5.85. The molecule has 1 aliphatic rings. The van der Waals surface area contributed by atoms with Gasteiger partial charge in [0.15, 0.2) is 0 Å². The van der Waals surface area contributed by atoms with Crippen LogP contribution in [0.15, 0.2) is 10.6 Å². The summed E-state index contributed by atoms with van der Waals surface area (Å²) in [6.07, 6.45) is 4.91. The predicted molar refractivity (Wildman–Crippen MR) is 58.4 cm³/mol. The Balaban J connectivity index is 1.86. The highest BCUT2D eigenvalue weighted by Crippen LogP contribution is 2.12. The van der Waals surface area contributed by atoms with Gasteiger partial charge in [-0.25, -0.2) is 4.98 Å². The molecule has 2 N–H and O–H groups in total. The Morgan fingerprint density at radius 3 is 2.87 bits per heavy atom. The van der Waals surface area contributed by atoms with Crippen LogP contribution in [0.4, 0.5) is 0 Å². The number of hydrogen-bond acceptors (Lipinski definition) is 4. The van der Waals surface area contributed by atoms with Crippen molar-refractivity contribution in [3.05, 3.63) is 17.8 Å². The molecular formula is C11H19N3O. The number of hydrogen-bond donors (Lipinski definition) is 1. The van der Waals surface area contributed by atoms with Gasteiger partial charge < -0.3 is 10.2 Å². The van der Waals surface area contributed by atoms with Crippen LogP contribution in [-0.2, 0) is 13.0 Å². The first-order valence-corrected chi connectivity index (χ1v) is 5.69. The van der Waals surface area contributed by atoms with E-state index in [-0.39, 0.29) is 0 Å². The standard InChI is InChI=1S/C11H19N3O/c1-2-10-7-13-11(15-10)8-14-5-3-9(12)4-6-14/h7,9H,2-6,8,12H2,1H3. The Morgan fingerprint density at radius 2 is 2.27 bits per heavy atom. The molecule has 0 aliphatic carbocycles. The summed E-state index contributed by atoms with van der Waals surface area (Å²) in [5.74, 6) is 1.81. The second kappa shape index (κ2) is 4.77. The molecule has 4 nitrogen and oxygen atoms in total. The zero-order chi connectivity index (χ0) is 10.7. The van der Waals surface area contributed by atoms with Crippen molar-refractivity contribution in [1.82, 2.24) is 9.88 Å². The lowest BCUT2D eigenvalue weighted by atomic mass is 10.1. The number of rotatable bonds is 3. The quantitative estimate of drug-likeness (QED) is 0.811. The van der Waals surface area contributed by atoms with Crippen molar-refractivity contribution < 1.29 is 4.42 Å². The number of oxazole rings is 1. The highest BCUT2D eigenvalue weighted by atomic mass is 16.4.